The summed E-state index contributed by atoms with van der Waals surface area (Å²) >= 11 is 0. The number of carbonyl (C=O) groups is 2. The Kier molecular flexibility index (Phi) is 5.91. The predicted octanol–water partition coefficient (Wildman–Crippen LogP) is 3.86. The first-order valence-corrected chi connectivity index (χ1v) is 10.1. The van der Waals surface area contributed by atoms with E-state index in [1.54, 1.807) is 60.7 Å². The zero-order valence-electron chi connectivity index (χ0n) is 18.3. The number of carbonyl (C=O) groups excluding carboxylic acids is 2. The molecule has 0 saturated carbocycles. The molecule has 0 saturated heterocycles. The Balaban J connectivity index is 1.69. The first-order chi connectivity index (χ1) is 15.9. The van der Waals surface area contributed by atoms with Crippen LogP contribution in [0.3, 0.4) is 0 Å². The van der Waals surface area contributed by atoms with Gasteiger partial charge in [0.1, 0.15) is 17.8 Å². The van der Waals surface area contributed by atoms with Crippen LogP contribution in [0.2, 0.25) is 0 Å². The van der Waals surface area contributed by atoms with Crippen molar-refractivity contribution in [3.63, 3.8) is 0 Å². The highest BCUT2D eigenvalue weighted by atomic mass is 16.5. The fourth-order valence-corrected chi connectivity index (χ4v) is 3.44. The summed E-state index contributed by atoms with van der Waals surface area (Å²) in [4.78, 5) is 41.8. The van der Waals surface area contributed by atoms with Crippen LogP contribution in [0.25, 0.3) is 16.6 Å². The van der Waals surface area contributed by atoms with Crippen LogP contribution in [-0.4, -0.2) is 35.5 Å². The largest absolute Gasteiger partial charge is 0.497 e. The van der Waals surface area contributed by atoms with E-state index in [2.05, 4.69) is 10.3 Å². The van der Waals surface area contributed by atoms with E-state index in [1.807, 2.05) is 0 Å². The van der Waals surface area contributed by atoms with Crippen LogP contribution >= 0.6 is 0 Å². The van der Waals surface area contributed by atoms with Crippen molar-refractivity contribution >= 4 is 28.3 Å². The highest BCUT2D eigenvalue weighted by Gasteiger charge is 2.14. The van der Waals surface area contributed by atoms with E-state index in [0.29, 0.717) is 44.9 Å². The van der Waals surface area contributed by atoms with E-state index in [4.69, 9.17) is 9.47 Å². The Morgan fingerprint density at radius 1 is 0.939 bits per heavy atom. The van der Waals surface area contributed by atoms with Gasteiger partial charge in [-0.2, -0.15) is 0 Å². The second-order valence-electron chi connectivity index (χ2n) is 7.28. The topological polar surface area (TPSA) is 99.5 Å². The van der Waals surface area contributed by atoms with Crippen LogP contribution in [-0.2, 0) is 0 Å². The number of rotatable bonds is 6. The Bertz CT molecular complexity index is 1440. The molecule has 166 valence electrons. The number of anilines is 1. The zero-order chi connectivity index (χ0) is 23.5. The van der Waals surface area contributed by atoms with Gasteiger partial charge in [0.25, 0.3) is 11.5 Å². The number of ketones is 1. The molecule has 0 spiro atoms. The third kappa shape index (κ3) is 4.31. The number of amides is 1. The van der Waals surface area contributed by atoms with Crippen LogP contribution in [0.15, 0.2) is 71.8 Å². The summed E-state index contributed by atoms with van der Waals surface area (Å²) in [6.45, 7) is 1.46. The molecule has 3 aromatic carbocycles. The molecule has 1 N–H and O–H groups in total. The number of nitrogens with one attached hydrogen (secondary N) is 1. The van der Waals surface area contributed by atoms with Crippen molar-refractivity contribution in [2.45, 2.75) is 6.92 Å². The van der Waals surface area contributed by atoms with Crippen molar-refractivity contribution in [2.75, 3.05) is 19.5 Å². The van der Waals surface area contributed by atoms with Crippen molar-refractivity contribution in [1.29, 1.82) is 0 Å². The van der Waals surface area contributed by atoms with E-state index in [9.17, 15) is 14.4 Å². The number of nitrogens with zero attached hydrogens (tertiary/aromatic N) is 2. The van der Waals surface area contributed by atoms with Gasteiger partial charge in [0.05, 0.1) is 30.8 Å². The summed E-state index contributed by atoms with van der Waals surface area (Å²) in [5, 5.41) is 3.11. The Morgan fingerprint density at radius 3 is 2.48 bits per heavy atom. The van der Waals surface area contributed by atoms with Crippen LogP contribution in [0.1, 0.15) is 27.6 Å². The lowest BCUT2D eigenvalue weighted by atomic mass is 10.1. The monoisotopic (exact) mass is 443 g/mol. The second kappa shape index (κ2) is 8.96. The summed E-state index contributed by atoms with van der Waals surface area (Å²) in [6, 6.07) is 16.5. The van der Waals surface area contributed by atoms with Gasteiger partial charge in [-0.25, -0.2) is 4.98 Å². The molecule has 0 aliphatic rings. The number of Topliss-reactive ketones (excluding diaryl/α,β-unsaturated/α-hetero) is 1. The molecular formula is C25H21N3O5. The average Bonchev–Trinajstić information content (AvgIpc) is 2.83. The summed E-state index contributed by atoms with van der Waals surface area (Å²) in [5.74, 6) is 0.587. The van der Waals surface area contributed by atoms with Gasteiger partial charge in [0.2, 0.25) is 0 Å². The predicted molar refractivity (Wildman–Crippen MR) is 125 cm³/mol. The van der Waals surface area contributed by atoms with E-state index in [-0.39, 0.29) is 17.2 Å². The molecular weight excluding hydrogens is 422 g/mol. The first kappa shape index (κ1) is 21.8. The summed E-state index contributed by atoms with van der Waals surface area (Å²) in [7, 11) is 3.05. The minimum atomic E-state index is -0.377. The van der Waals surface area contributed by atoms with Gasteiger partial charge >= 0.3 is 0 Å². The quantitative estimate of drug-likeness (QED) is 0.455. The van der Waals surface area contributed by atoms with Crippen molar-refractivity contribution in [3.8, 4) is 17.2 Å². The Hall–Kier alpha value is -4.46. The summed E-state index contributed by atoms with van der Waals surface area (Å²) in [5.41, 5.74) is 1.89. The molecule has 0 atom stereocenters. The maximum absolute atomic E-state index is 13.2. The van der Waals surface area contributed by atoms with Crippen LogP contribution in [0.5, 0.6) is 11.5 Å². The SMILES string of the molecule is COc1ccc(OC)c(-n2cnc3cc(C(=O)Nc4cccc(C(C)=O)c4)ccc3c2=O)c1. The zero-order valence-corrected chi connectivity index (χ0v) is 18.3. The van der Waals surface area contributed by atoms with Gasteiger partial charge < -0.3 is 14.8 Å². The molecule has 0 bridgehead atoms. The minimum Gasteiger partial charge on any atom is -0.497 e. The summed E-state index contributed by atoms with van der Waals surface area (Å²) < 4.78 is 12.0. The number of fused-ring (bicyclic) bond motifs is 1. The fourth-order valence-electron chi connectivity index (χ4n) is 3.44. The molecule has 0 fully saturated rings. The van der Waals surface area contributed by atoms with E-state index in [1.165, 1.54) is 32.0 Å². The van der Waals surface area contributed by atoms with Gasteiger partial charge in [-0.15, -0.1) is 0 Å². The highest BCUT2D eigenvalue weighted by Crippen LogP contribution is 2.27. The minimum absolute atomic E-state index is 0.0926. The Labute approximate surface area is 189 Å². The first-order valence-electron chi connectivity index (χ1n) is 10.1. The average molecular weight is 443 g/mol. The van der Waals surface area contributed by atoms with Gasteiger partial charge in [-0.3, -0.25) is 19.0 Å². The van der Waals surface area contributed by atoms with Gasteiger partial charge in [0.15, 0.2) is 5.78 Å². The number of benzene rings is 3. The second-order valence-corrected chi connectivity index (χ2v) is 7.28. The Morgan fingerprint density at radius 2 is 1.76 bits per heavy atom. The molecule has 4 aromatic rings. The smallest absolute Gasteiger partial charge is 0.265 e. The molecule has 8 nitrogen and oxygen atoms in total. The molecule has 1 amide bonds. The number of hydrogen-bond donors (Lipinski definition) is 1. The maximum atomic E-state index is 13.2. The lowest BCUT2D eigenvalue weighted by molar-refractivity contribution is 0.101. The molecule has 0 aliphatic heterocycles. The highest BCUT2D eigenvalue weighted by molar-refractivity contribution is 6.06. The lowest BCUT2D eigenvalue weighted by Gasteiger charge is -2.13. The van der Waals surface area contributed by atoms with E-state index in [0.717, 1.165) is 0 Å². The molecule has 33 heavy (non-hydrogen) atoms. The molecule has 1 heterocycles. The van der Waals surface area contributed by atoms with Crippen molar-refractivity contribution in [1.82, 2.24) is 9.55 Å². The molecule has 8 heteroatoms. The van der Waals surface area contributed by atoms with E-state index >= 15 is 0 Å². The maximum Gasteiger partial charge on any atom is 0.265 e. The van der Waals surface area contributed by atoms with Crippen molar-refractivity contribution in [2.24, 2.45) is 0 Å². The van der Waals surface area contributed by atoms with Crippen LogP contribution in [0.4, 0.5) is 5.69 Å². The molecule has 0 unspecified atom stereocenters. The number of aromatic nitrogens is 2. The molecule has 0 radical (unpaired) electrons. The molecule has 4 rings (SSSR count). The van der Waals surface area contributed by atoms with Gasteiger partial charge in [-0.1, -0.05) is 12.1 Å². The lowest BCUT2D eigenvalue weighted by Crippen LogP contribution is -2.20. The number of hydrogen-bond acceptors (Lipinski definition) is 6. The van der Waals surface area contributed by atoms with Crippen LogP contribution < -0.4 is 20.3 Å². The van der Waals surface area contributed by atoms with E-state index < -0.39 is 0 Å². The number of ether oxygens (including phenoxy) is 2. The standard InChI is InChI=1S/C25H21N3O5/c1-15(29)16-5-4-6-18(11-16)27-24(30)17-7-9-20-21(12-17)26-14-28(25(20)31)22-13-19(32-2)8-10-23(22)33-3/h4-14H,1-3H3,(H,27,30). The van der Waals surface area contributed by atoms with Crippen molar-refractivity contribution < 1.29 is 19.1 Å². The molecule has 0 aliphatic carbocycles. The number of methoxy groups -OCH3 is 2. The summed E-state index contributed by atoms with van der Waals surface area (Å²) in [6.07, 6.45) is 1.39. The van der Waals surface area contributed by atoms with Gasteiger partial charge in [-0.05, 0) is 49.4 Å². The van der Waals surface area contributed by atoms with Crippen LogP contribution in [0, 0.1) is 0 Å². The third-order valence-corrected chi connectivity index (χ3v) is 5.19. The van der Waals surface area contributed by atoms with Gasteiger partial charge in [0, 0.05) is 22.9 Å². The fraction of sp³-hybridized carbons (Fsp3) is 0.120. The molecule has 1 aromatic heterocycles. The van der Waals surface area contributed by atoms with Crippen molar-refractivity contribution in [3.05, 3.63) is 88.5 Å². The third-order valence-electron chi connectivity index (χ3n) is 5.19. The normalized spacial score (nSPS) is 10.6.